The minimum absolute atomic E-state index is 0.648. The van der Waals surface area contributed by atoms with Crippen molar-refractivity contribution >= 4 is 0 Å². The van der Waals surface area contributed by atoms with Gasteiger partial charge < -0.3 is 11.5 Å². The van der Waals surface area contributed by atoms with E-state index in [1.54, 1.807) is 0 Å². The standard InChI is InChI=1S/C12H19N.CH5N/c1-10(2)6-7-11-4-3-5-12(8-11)9-13;1-2/h3-5,8,10H,6-7,9,13H2,1-2H3;2H2,1H3. The van der Waals surface area contributed by atoms with Crippen molar-refractivity contribution in [2.75, 3.05) is 7.05 Å². The van der Waals surface area contributed by atoms with Crippen LogP contribution in [0.25, 0.3) is 0 Å². The number of hydrogen-bond acceptors (Lipinski definition) is 2. The van der Waals surface area contributed by atoms with Crippen LogP contribution >= 0.6 is 0 Å². The summed E-state index contributed by atoms with van der Waals surface area (Å²) >= 11 is 0. The molecule has 0 saturated heterocycles. The molecule has 2 heteroatoms. The summed E-state index contributed by atoms with van der Waals surface area (Å²) in [5, 5.41) is 0. The van der Waals surface area contributed by atoms with E-state index in [4.69, 9.17) is 5.73 Å². The van der Waals surface area contributed by atoms with Crippen LogP contribution < -0.4 is 11.5 Å². The molecule has 0 aliphatic heterocycles. The molecule has 0 bridgehead atoms. The number of nitrogens with two attached hydrogens (primary N) is 2. The largest absolute Gasteiger partial charge is 0.333 e. The number of benzene rings is 1. The Morgan fingerprint density at radius 3 is 2.27 bits per heavy atom. The van der Waals surface area contributed by atoms with Gasteiger partial charge in [-0.2, -0.15) is 0 Å². The molecule has 15 heavy (non-hydrogen) atoms. The van der Waals surface area contributed by atoms with Crippen molar-refractivity contribution in [2.24, 2.45) is 17.4 Å². The van der Waals surface area contributed by atoms with Gasteiger partial charge in [-0.25, -0.2) is 0 Å². The highest BCUT2D eigenvalue weighted by molar-refractivity contribution is 5.23. The average molecular weight is 208 g/mol. The topological polar surface area (TPSA) is 52.0 Å². The molecule has 0 radical (unpaired) electrons. The minimum Gasteiger partial charge on any atom is -0.333 e. The molecule has 1 aromatic rings. The molecule has 0 saturated carbocycles. The van der Waals surface area contributed by atoms with E-state index in [2.05, 4.69) is 43.8 Å². The maximum absolute atomic E-state index is 5.57. The second-order valence-electron chi connectivity index (χ2n) is 3.96. The fraction of sp³-hybridized carbons (Fsp3) is 0.538. The van der Waals surface area contributed by atoms with Gasteiger partial charge in [-0.05, 0) is 36.9 Å². The Hall–Kier alpha value is -0.860. The quantitative estimate of drug-likeness (QED) is 0.797. The molecule has 0 aromatic heterocycles. The Balaban J connectivity index is 0.000000921. The Morgan fingerprint density at radius 2 is 1.73 bits per heavy atom. The Labute approximate surface area is 93.7 Å². The van der Waals surface area contributed by atoms with E-state index in [0.29, 0.717) is 6.54 Å². The second-order valence-corrected chi connectivity index (χ2v) is 3.96. The maximum atomic E-state index is 5.57. The first-order valence-electron chi connectivity index (χ1n) is 5.58. The first-order chi connectivity index (χ1) is 7.22. The predicted octanol–water partition coefficient (Wildman–Crippen LogP) is 2.31. The second kappa shape index (κ2) is 8.45. The summed E-state index contributed by atoms with van der Waals surface area (Å²) in [4.78, 5) is 0. The van der Waals surface area contributed by atoms with E-state index in [1.807, 2.05) is 0 Å². The Kier molecular flexibility index (Phi) is 7.96. The molecule has 0 aliphatic rings. The van der Waals surface area contributed by atoms with Gasteiger partial charge >= 0.3 is 0 Å². The third-order valence-corrected chi connectivity index (χ3v) is 2.24. The minimum atomic E-state index is 0.648. The first kappa shape index (κ1) is 14.1. The monoisotopic (exact) mass is 208 g/mol. The number of hydrogen-bond donors (Lipinski definition) is 2. The van der Waals surface area contributed by atoms with E-state index in [9.17, 15) is 0 Å². The van der Waals surface area contributed by atoms with Gasteiger partial charge in [0.1, 0.15) is 0 Å². The van der Waals surface area contributed by atoms with E-state index in [-0.39, 0.29) is 0 Å². The summed E-state index contributed by atoms with van der Waals surface area (Å²) in [6.07, 6.45) is 2.43. The molecule has 1 aromatic carbocycles. The van der Waals surface area contributed by atoms with Gasteiger partial charge in [0.05, 0.1) is 0 Å². The summed E-state index contributed by atoms with van der Waals surface area (Å²) in [6.45, 7) is 5.16. The van der Waals surface area contributed by atoms with Gasteiger partial charge in [-0.1, -0.05) is 38.1 Å². The fourth-order valence-electron chi connectivity index (χ4n) is 1.37. The first-order valence-corrected chi connectivity index (χ1v) is 5.58. The molecule has 0 amide bonds. The zero-order valence-electron chi connectivity index (χ0n) is 10.2. The summed E-state index contributed by atoms with van der Waals surface area (Å²) in [7, 11) is 1.50. The highest BCUT2D eigenvalue weighted by Gasteiger charge is 1.97. The SMILES string of the molecule is CC(C)CCc1cccc(CN)c1.CN. The predicted molar refractivity (Wildman–Crippen MR) is 67.6 cm³/mol. The van der Waals surface area contributed by atoms with Crippen LogP contribution in [0.15, 0.2) is 24.3 Å². The van der Waals surface area contributed by atoms with E-state index in [0.717, 1.165) is 5.92 Å². The number of rotatable bonds is 4. The highest BCUT2D eigenvalue weighted by atomic mass is 14.5. The van der Waals surface area contributed by atoms with E-state index >= 15 is 0 Å². The molecule has 4 N–H and O–H groups in total. The van der Waals surface area contributed by atoms with Crippen molar-refractivity contribution in [1.82, 2.24) is 0 Å². The van der Waals surface area contributed by atoms with Crippen LogP contribution in [0, 0.1) is 5.92 Å². The zero-order valence-corrected chi connectivity index (χ0v) is 10.2. The van der Waals surface area contributed by atoms with E-state index < -0.39 is 0 Å². The van der Waals surface area contributed by atoms with Crippen molar-refractivity contribution in [3.8, 4) is 0 Å². The molecule has 0 aliphatic carbocycles. The zero-order chi connectivity index (χ0) is 11.7. The van der Waals surface area contributed by atoms with Crippen molar-refractivity contribution < 1.29 is 0 Å². The molecule has 0 heterocycles. The van der Waals surface area contributed by atoms with E-state index in [1.165, 1.54) is 31.0 Å². The summed E-state index contributed by atoms with van der Waals surface area (Å²) in [5.41, 5.74) is 12.7. The molecule has 86 valence electrons. The van der Waals surface area contributed by atoms with Gasteiger partial charge in [0, 0.05) is 6.54 Å². The van der Waals surface area contributed by atoms with Crippen LogP contribution in [0.2, 0.25) is 0 Å². The molecular weight excluding hydrogens is 184 g/mol. The van der Waals surface area contributed by atoms with Crippen molar-refractivity contribution in [2.45, 2.75) is 33.2 Å². The van der Waals surface area contributed by atoms with Crippen LogP contribution in [-0.2, 0) is 13.0 Å². The lowest BCUT2D eigenvalue weighted by molar-refractivity contribution is 0.586. The smallest absolute Gasteiger partial charge is 0.0178 e. The highest BCUT2D eigenvalue weighted by Crippen LogP contribution is 2.10. The summed E-state index contributed by atoms with van der Waals surface area (Å²) < 4.78 is 0. The van der Waals surface area contributed by atoms with Crippen LogP contribution in [0.3, 0.4) is 0 Å². The summed E-state index contributed by atoms with van der Waals surface area (Å²) in [6, 6.07) is 8.57. The van der Waals surface area contributed by atoms with Crippen LogP contribution in [0.5, 0.6) is 0 Å². The van der Waals surface area contributed by atoms with Crippen molar-refractivity contribution in [3.05, 3.63) is 35.4 Å². The molecule has 2 nitrogen and oxygen atoms in total. The lowest BCUT2D eigenvalue weighted by Crippen LogP contribution is -1.98. The number of aryl methyl sites for hydroxylation is 1. The molecular formula is C13H24N2. The molecule has 0 fully saturated rings. The lowest BCUT2D eigenvalue weighted by Gasteiger charge is -2.05. The van der Waals surface area contributed by atoms with Gasteiger partial charge in [0.25, 0.3) is 0 Å². The van der Waals surface area contributed by atoms with Crippen LogP contribution in [-0.4, -0.2) is 7.05 Å². The van der Waals surface area contributed by atoms with Crippen molar-refractivity contribution in [3.63, 3.8) is 0 Å². The van der Waals surface area contributed by atoms with Gasteiger partial charge in [0.15, 0.2) is 0 Å². The normalized spacial score (nSPS) is 9.73. The maximum Gasteiger partial charge on any atom is 0.0178 e. The van der Waals surface area contributed by atoms with Crippen LogP contribution in [0.4, 0.5) is 0 Å². The summed E-state index contributed by atoms with van der Waals surface area (Å²) in [5.74, 6) is 0.779. The van der Waals surface area contributed by atoms with Gasteiger partial charge in [-0.3, -0.25) is 0 Å². The Morgan fingerprint density at radius 1 is 1.13 bits per heavy atom. The third-order valence-electron chi connectivity index (χ3n) is 2.24. The third kappa shape index (κ3) is 6.26. The van der Waals surface area contributed by atoms with Crippen molar-refractivity contribution in [1.29, 1.82) is 0 Å². The fourth-order valence-corrected chi connectivity index (χ4v) is 1.37. The van der Waals surface area contributed by atoms with Gasteiger partial charge in [-0.15, -0.1) is 0 Å². The molecule has 1 rings (SSSR count). The average Bonchev–Trinajstić information content (AvgIpc) is 2.29. The van der Waals surface area contributed by atoms with Crippen LogP contribution in [0.1, 0.15) is 31.4 Å². The molecule has 0 spiro atoms. The molecule has 0 atom stereocenters. The lowest BCUT2D eigenvalue weighted by atomic mass is 10.0. The van der Waals surface area contributed by atoms with Gasteiger partial charge in [0.2, 0.25) is 0 Å². The molecule has 0 unspecified atom stereocenters. The Bertz CT molecular complexity index is 256.